The molecule has 2 N–H and O–H groups in total. The van der Waals surface area contributed by atoms with Crippen molar-refractivity contribution in [3.8, 4) is 0 Å². The SMILES string of the molecule is CO[C@@H]1CS(=O)(=O)C[C@@H]1NCC(=O)N[C@@H](Cc1cccs1)c1ccccn1. The zero-order valence-corrected chi connectivity index (χ0v) is 16.6. The number of ether oxygens (including phenoxy) is 1. The van der Waals surface area contributed by atoms with Gasteiger partial charge in [0.15, 0.2) is 9.84 Å². The average Bonchev–Trinajstić information content (AvgIpc) is 3.27. The van der Waals surface area contributed by atoms with Gasteiger partial charge in [-0.25, -0.2) is 8.42 Å². The number of rotatable bonds is 8. The first-order chi connectivity index (χ1) is 13.0. The van der Waals surface area contributed by atoms with E-state index in [1.807, 2.05) is 35.7 Å². The molecule has 1 aliphatic heterocycles. The Bertz CT molecular complexity index is 841. The van der Waals surface area contributed by atoms with E-state index in [0.29, 0.717) is 6.42 Å². The van der Waals surface area contributed by atoms with Crippen LogP contribution in [0.2, 0.25) is 0 Å². The van der Waals surface area contributed by atoms with Crippen LogP contribution in [0.15, 0.2) is 41.9 Å². The van der Waals surface area contributed by atoms with Crippen LogP contribution in [0.4, 0.5) is 0 Å². The third-order valence-electron chi connectivity index (χ3n) is 4.49. The fourth-order valence-corrected chi connectivity index (χ4v) is 5.79. The van der Waals surface area contributed by atoms with Crippen molar-refractivity contribution < 1.29 is 17.9 Å². The van der Waals surface area contributed by atoms with Gasteiger partial charge in [-0.2, -0.15) is 0 Å². The first-order valence-electron chi connectivity index (χ1n) is 8.66. The Kier molecular flexibility index (Phi) is 6.59. The van der Waals surface area contributed by atoms with Crippen molar-refractivity contribution in [2.24, 2.45) is 0 Å². The molecule has 0 aliphatic carbocycles. The summed E-state index contributed by atoms with van der Waals surface area (Å²) in [6.07, 6.45) is 1.92. The Labute approximate surface area is 163 Å². The largest absolute Gasteiger partial charge is 0.379 e. The number of carbonyl (C=O) groups excluding carboxylic acids is 1. The predicted molar refractivity (Wildman–Crippen MR) is 104 cm³/mol. The third-order valence-corrected chi connectivity index (χ3v) is 7.10. The lowest BCUT2D eigenvalue weighted by atomic mass is 10.1. The molecular formula is C18H23N3O4S2. The zero-order valence-electron chi connectivity index (χ0n) is 15.0. The van der Waals surface area contributed by atoms with Gasteiger partial charge in [-0.15, -0.1) is 11.3 Å². The standard InChI is InChI=1S/C18H23N3O4S2/c1-25-17-12-27(23,24)11-16(17)20-10-18(22)21-15(9-13-5-4-8-26-13)14-6-2-3-7-19-14/h2-8,15-17,20H,9-12H2,1H3,(H,21,22)/t15-,16-,17+/m0/s1. The lowest BCUT2D eigenvalue weighted by Gasteiger charge is -2.20. The highest BCUT2D eigenvalue weighted by atomic mass is 32.2. The Morgan fingerprint density at radius 1 is 1.33 bits per heavy atom. The van der Waals surface area contributed by atoms with Crippen molar-refractivity contribution in [3.63, 3.8) is 0 Å². The van der Waals surface area contributed by atoms with Crippen LogP contribution >= 0.6 is 11.3 Å². The molecule has 9 heteroatoms. The van der Waals surface area contributed by atoms with Crippen molar-refractivity contribution in [1.82, 2.24) is 15.6 Å². The number of nitrogens with zero attached hydrogens (tertiary/aromatic N) is 1. The van der Waals surface area contributed by atoms with Gasteiger partial charge >= 0.3 is 0 Å². The van der Waals surface area contributed by atoms with E-state index in [9.17, 15) is 13.2 Å². The fourth-order valence-electron chi connectivity index (χ4n) is 3.15. The Balaban J connectivity index is 1.61. The molecule has 27 heavy (non-hydrogen) atoms. The molecule has 2 aromatic rings. The van der Waals surface area contributed by atoms with Crippen LogP contribution in [0.5, 0.6) is 0 Å². The van der Waals surface area contributed by atoms with Gasteiger partial charge in [-0.3, -0.25) is 9.78 Å². The average molecular weight is 410 g/mol. The summed E-state index contributed by atoms with van der Waals surface area (Å²) in [5, 5.41) is 8.02. The summed E-state index contributed by atoms with van der Waals surface area (Å²) < 4.78 is 28.8. The van der Waals surface area contributed by atoms with Gasteiger partial charge in [0.05, 0.1) is 35.9 Å². The highest BCUT2D eigenvalue weighted by Gasteiger charge is 2.37. The highest BCUT2D eigenvalue weighted by Crippen LogP contribution is 2.20. The van der Waals surface area contributed by atoms with Crippen LogP contribution < -0.4 is 10.6 Å². The van der Waals surface area contributed by atoms with E-state index in [0.717, 1.165) is 10.6 Å². The molecule has 3 rings (SSSR count). The van der Waals surface area contributed by atoms with Crippen molar-refractivity contribution in [3.05, 3.63) is 52.5 Å². The van der Waals surface area contributed by atoms with E-state index in [1.165, 1.54) is 7.11 Å². The van der Waals surface area contributed by atoms with Crippen LogP contribution in [0, 0.1) is 0 Å². The monoisotopic (exact) mass is 409 g/mol. The van der Waals surface area contributed by atoms with Gasteiger partial charge in [-0.1, -0.05) is 12.1 Å². The topological polar surface area (TPSA) is 97.4 Å². The Hall–Kier alpha value is -1.81. The number of thiophene rings is 1. The number of methoxy groups -OCH3 is 1. The van der Waals surface area contributed by atoms with Crippen molar-refractivity contribution in [1.29, 1.82) is 0 Å². The number of carbonyl (C=O) groups is 1. The minimum absolute atomic E-state index is 0.0161. The molecule has 2 aromatic heterocycles. The minimum atomic E-state index is -3.13. The number of pyridine rings is 1. The van der Waals surface area contributed by atoms with E-state index in [1.54, 1.807) is 17.5 Å². The highest BCUT2D eigenvalue weighted by molar-refractivity contribution is 7.91. The quantitative estimate of drug-likeness (QED) is 0.674. The molecule has 0 saturated carbocycles. The molecule has 0 spiro atoms. The van der Waals surface area contributed by atoms with Crippen LogP contribution in [-0.4, -0.2) is 56.6 Å². The molecule has 146 valence electrons. The molecule has 0 bridgehead atoms. The summed E-state index contributed by atoms with van der Waals surface area (Å²) in [7, 11) is -1.65. The van der Waals surface area contributed by atoms with Gasteiger partial charge in [0, 0.05) is 30.6 Å². The normalized spacial score (nSPS) is 22.4. The molecule has 0 aromatic carbocycles. The van der Waals surface area contributed by atoms with E-state index in [-0.39, 0.29) is 36.0 Å². The molecule has 0 unspecified atom stereocenters. The van der Waals surface area contributed by atoms with Gasteiger partial charge in [0.25, 0.3) is 0 Å². The summed E-state index contributed by atoms with van der Waals surface area (Å²) in [6.45, 7) is 0.0216. The summed E-state index contributed by atoms with van der Waals surface area (Å²) >= 11 is 1.63. The Morgan fingerprint density at radius 2 is 2.19 bits per heavy atom. The van der Waals surface area contributed by atoms with E-state index in [4.69, 9.17) is 4.74 Å². The number of sulfone groups is 1. The summed E-state index contributed by atoms with van der Waals surface area (Å²) in [5.41, 5.74) is 0.789. The minimum Gasteiger partial charge on any atom is -0.379 e. The molecule has 1 fully saturated rings. The lowest BCUT2D eigenvalue weighted by molar-refractivity contribution is -0.121. The first-order valence-corrected chi connectivity index (χ1v) is 11.4. The van der Waals surface area contributed by atoms with E-state index < -0.39 is 15.9 Å². The summed E-state index contributed by atoms with van der Waals surface area (Å²) in [4.78, 5) is 18.0. The molecule has 1 saturated heterocycles. The summed E-state index contributed by atoms with van der Waals surface area (Å²) in [5.74, 6) is -0.239. The first kappa shape index (κ1) is 19.9. The maximum atomic E-state index is 12.5. The van der Waals surface area contributed by atoms with Crippen molar-refractivity contribution in [2.45, 2.75) is 24.6 Å². The third kappa shape index (κ3) is 5.58. The van der Waals surface area contributed by atoms with Gasteiger partial charge in [-0.05, 0) is 23.6 Å². The summed E-state index contributed by atoms with van der Waals surface area (Å²) in [6, 6.07) is 8.99. The van der Waals surface area contributed by atoms with Crippen LogP contribution in [0.25, 0.3) is 0 Å². The molecule has 0 radical (unpaired) electrons. The second-order valence-corrected chi connectivity index (χ2v) is 9.68. The van der Waals surface area contributed by atoms with Crippen LogP contribution in [-0.2, 0) is 25.8 Å². The zero-order chi connectivity index (χ0) is 19.3. The fraction of sp³-hybridized carbons (Fsp3) is 0.444. The predicted octanol–water partition coefficient (Wildman–Crippen LogP) is 0.945. The van der Waals surface area contributed by atoms with E-state index in [2.05, 4.69) is 15.6 Å². The van der Waals surface area contributed by atoms with Crippen LogP contribution in [0.1, 0.15) is 16.6 Å². The molecule has 1 aliphatic rings. The molecule has 3 heterocycles. The van der Waals surface area contributed by atoms with E-state index >= 15 is 0 Å². The van der Waals surface area contributed by atoms with Gasteiger partial charge in [0.2, 0.25) is 5.91 Å². The molecule has 1 amide bonds. The molecular weight excluding hydrogens is 386 g/mol. The number of nitrogens with one attached hydrogen (secondary N) is 2. The van der Waals surface area contributed by atoms with Crippen molar-refractivity contribution in [2.75, 3.05) is 25.2 Å². The molecule has 3 atom stereocenters. The number of amides is 1. The van der Waals surface area contributed by atoms with Crippen LogP contribution in [0.3, 0.4) is 0 Å². The number of hydrogen-bond acceptors (Lipinski definition) is 7. The second kappa shape index (κ2) is 8.92. The Morgan fingerprint density at radius 3 is 2.85 bits per heavy atom. The number of aromatic nitrogens is 1. The number of hydrogen-bond donors (Lipinski definition) is 2. The van der Waals surface area contributed by atoms with Gasteiger partial charge < -0.3 is 15.4 Å². The van der Waals surface area contributed by atoms with Gasteiger partial charge in [0.1, 0.15) is 0 Å². The lowest BCUT2D eigenvalue weighted by Crippen LogP contribution is -2.46. The molecule has 7 nitrogen and oxygen atoms in total. The maximum Gasteiger partial charge on any atom is 0.234 e. The second-order valence-electron chi connectivity index (χ2n) is 6.50. The smallest absolute Gasteiger partial charge is 0.234 e. The maximum absolute atomic E-state index is 12.5. The van der Waals surface area contributed by atoms with Crippen molar-refractivity contribution >= 4 is 27.1 Å².